The van der Waals surface area contributed by atoms with Gasteiger partial charge in [0, 0.05) is 13.2 Å². The highest BCUT2D eigenvalue weighted by Gasteiger charge is 2.17. The van der Waals surface area contributed by atoms with Crippen LogP contribution in [0.4, 0.5) is 0 Å². The summed E-state index contributed by atoms with van der Waals surface area (Å²) in [5.74, 6) is -0.794. The first kappa shape index (κ1) is 20.8. The quantitative estimate of drug-likeness (QED) is 0.591. The van der Waals surface area contributed by atoms with Gasteiger partial charge in [0.25, 0.3) is 0 Å². The van der Waals surface area contributed by atoms with E-state index in [1.165, 1.54) is 23.1 Å². The lowest BCUT2D eigenvalue weighted by atomic mass is 9.95. The van der Waals surface area contributed by atoms with Gasteiger partial charge in [0.05, 0.1) is 6.42 Å². The molecular formula is C26H30O4. The smallest absolute Gasteiger partial charge is 0.307 e. The van der Waals surface area contributed by atoms with Crippen LogP contribution in [0.3, 0.4) is 0 Å². The molecule has 0 radical (unpaired) electrons. The lowest BCUT2D eigenvalue weighted by molar-refractivity contribution is -0.162. The first-order chi connectivity index (χ1) is 14.7. The van der Waals surface area contributed by atoms with Crippen LogP contribution in [-0.2, 0) is 27.1 Å². The first-order valence-electron chi connectivity index (χ1n) is 11.0. The zero-order chi connectivity index (χ0) is 20.8. The number of unbranched alkanes of at least 4 members (excludes halogenated alkanes) is 1. The summed E-state index contributed by atoms with van der Waals surface area (Å²) in [7, 11) is 0. The molecule has 1 unspecified atom stereocenters. The highest BCUT2D eigenvalue weighted by Crippen LogP contribution is 2.32. The molecule has 1 N–H and O–H groups in total. The Balaban J connectivity index is 1.39. The third kappa shape index (κ3) is 5.38. The van der Waals surface area contributed by atoms with Gasteiger partial charge < -0.3 is 14.6 Å². The second-order valence-electron chi connectivity index (χ2n) is 8.23. The van der Waals surface area contributed by atoms with Crippen LogP contribution in [0.2, 0.25) is 0 Å². The predicted octanol–water partition coefficient (Wildman–Crippen LogP) is 5.47. The highest BCUT2D eigenvalue weighted by atomic mass is 16.7. The van der Waals surface area contributed by atoms with Crippen LogP contribution in [0.1, 0.15) is 66.3 Å². The topological polar surface area (TPSA) is 55.8 Å². The van der Waals surface area contributed by atoms with Crippen LogP contribution < -0.4 is 0 Å². The van der Waals surface area contributed by atoms with Gasteiger partial charge in [-0.05, 0) is 78.3 Å². The van der Waals surface area contributed by atoms with Crippen LogP contribution in [0.15, 0.2) is 42.5 Å². The normalized spacial score (nSPS) is 18.1. The van der Waals surface area contributed by atoms with Crippen molar-refractivity contribution in [3.8, 4) is 0 Å². The second-order valence-corrected chi connectivity index (χ2v) is 8.23. The Morgan fingerprint density at radius 3 is 2.83 bits per heavy atom. The van der Waals surface area contributed by atoms with Gasteiger partial charge in [-0.1, -0.05) is 48.5 Å². The molecule has 1 heterocycles. The van der Waals surface area contributed by atoms with Crippen molar-refractivity contribution in [2.75, 3.05) is 13.2 Å². The van der Waals surface area contributed by atoms with Gasteiger partial charge in [-0.15, -0.1) is 0 Å². The molecule has 2 aliphatic rings. The van der Waals surface area contributed by atoms with E-state index in [0.717, 1.165) is 68.4 Å². The van der Waals surface area contributed by atoms with Crippen LogP contribution in [0, 0.1) is 0 Å². The van der Waals surface area contributed by atoms with Crippen LogP contribution >= 0.6 is 0 Å². The molecule has 4 heteroatoms. The van der Waals surface area contributed by atoms with Crippen LogP contribution in [0.5, 0.6) is 0 Å². The summed E-state index contributed by atoms with van der Waals surface area (Å²) in [6.07, 6.45) is 9.43. The van der Waals surface area contributed by atoms with Crippen LogP contribution in [-0.4, -0.2) is 30.6 Å². The Morgan fingerprint density at radius 2 is 2.00 bits per heavy atom. The van der Waals surface area contributed by atoms with E-state index in [2.05, 4.69) is 30.3 Å². The van der Waals surface area contributed by atoms with Crippen molar-refractivity contribution in [2.45, 2.75) is 57.7 Å². The number of hydrogen-bond acceptors (Lipinski definition) is 3. The summed E-state index contributed by atoms with van der Waals surface area (Å²) < 4.78 is 11.4. The van der Waals surface area contributed by atoms with E-state index in [-0.39, 0.29) is 12.7 Å². The van der Waals surface area contributed by atoms with E-state index < -0.39 is 5.97 Å². The maximum atomic E-state index is 11.4. The molecule has 1 aliphatic heterocycles. The minimum absolute atomic E-state index is 0.00176. The van der Waals surface area contributed by atoms with Gasteiger partial charge in [0.1, 0.15) is 0 Å². The Kier molecular flexibility index (Phi) is 6.98. The van der Waals surface area contributed by atoms with Crippen molar-refractivity contribution in [1.29, 1.82) is 0 Å². The Labute approximate surface area is 178 Å². The van der Waals surface area contributed by atoms with E-state index in [1.54, 1.807) is 0 Å². The lowest BCUT2D eigenvalue weighted by Gasteiger charge is -2.22. The fraction of sp³-hybridized carbons (Fsp3) is 0.423. The molecule has 4 rings (SSSR count). The van der Waals surface area contributed by atoms with E-state index in [9.17, 15) is 9.90 Å². The fourth-order valence-corrected chi connectivity index (χ4v) is 4.36. The van der Waals surface area contributed by atoms with Gasteiger partial charge >= 0.3 is 5.97 Å². The summed E-state index contributed by atoms with van der Waals surface area (Å²) in [4.78, 5) is 11.4. The minimum Gasteiger partial charge on any atom is -0.481 e. The van der Waals surface area contributed by atoms with Crippen molar-refractivity contribution in [2.24, 2.45) is 0 Å². The van der Waals surface area contributed by atoms with E-state index >= 15 is 0 Å². The molecule has 158 valence electrons. The zero-order valence-electron chi connectivity index (χ0n) is 17.4. The van der Waals surface area contributed by atoms with E-state index in [0.29, 0.717) is 0 Å². The molecule has 2 aromatic rings. The first-order valence-corrected chi connectivity index (χ1v) is 11.0. The Morgan fingerprint density at radius 1 is 1.10 bits per heavy atom. The molecule has 1 atom stereocenters. The molecule has 0 aromatic heterocycles. The largest absolute Gasteiger partial charge is 0.481 e. The number of carboxylic acid groups (broad SMARTS) is 1. The average Bonchev–Trinajstić information content (AvgIpc) is 2.90. The maximum Gasteiger partial charge on any atom is 0.307 e. The zero-order valence-corrected chi connectivity index (χ0v) is 17.4. The average molecular weight is 407 g/mol. The van der Waals surface area contributed by atoms with Crippen LogP contribution in [0.25, 0.3) is 11.6 Å². The third-order valence-electron chi connectivity index (χ3n) is 5.92. The standard InChI is InChI=1S/C26H30O4/c27-25(28)18-23-16-20-12-11-19(7-3-5-13-29-26-10-4-6-14-30-26)15-22(20)17-21-8-1-2-9-24(21)23/h1-2,8-9,11-12,15-16,26H,3-7,10,13-14,17-18H2,(H,27,28). The molecule has 2 aromatic carbocycles. The van der Waals surface area contributed by atoms with Crippen molar-refractivity contribution in [1.82, 2.24) is 0 Å². The van der Waals surface area contributed by atoms with E-state index in [4.69, 9.17) is 9.47 Å². The number of carbonyl (C=O) groups is 1. The summed E-state index contributed by atoms with van der Waals surface area (Å²) in [6.45, 7) is 1.58. The summed E-state index contributed by atoms with van der Waals surface area (Å²) in [5, 5.41) is 9.34. The van der Waals surface area contributed by atoms with Crippen molar-refractivity contribution in [3.63, 3.8) is 0 Å². The molecule has 0 saturated carbocycles. The third-order valence-corrected chi connectivity index (χ3v) is 5.92. The highest BCUT2D eigenvalue weighted by molar-refractivity contribution is 5.93. The van der Waals surface area contributed by atoms with Gasteiger partial charge in [-0.3, -0.25) is 4.79 Å². The summed E-state index contributed by atoms with van der Waals surface area (Å²) in [6, 6.07) is 14.8. The molecular weight excluding hydrogens is 376 g/mol. The predicted molar refractivity (Wildman–Crippen MR) is 118 cm³/mol. The van der Waals surface area contributed by atoms with Gasteiger partial charge in [-0.25, -0.2) is 0 Å². The number of aliphatic carboxylic acids is 1. The van der Waals surface area contributed by atoms with E-state index in [1.807, 2.05) is 18.2 Å². The molecule has 0 bridgehead atoms. The summed E-state index contributed by atoms with van der Waals surface area (Å²) >= 11 is 0. The van der Waals surface area contributed by atoms with Gasteiger partial charge in [0.15, 0.2) is 6.29 Å². The molecule has 1 fully saturated rings. The second kappa shape index (κ2) is 10.1. The number of hydrogen-bond donors (Lipinski definition) is 1. The Bertz CT molecular complexity index is 909. The molecule has 1 aliphatic carbocycles. The minimum atomic E-state index is -0.794. The monoisotopic (exact) mass is 406 g/mol. The SMILES string of the molecule is O=C(O)CC1=Cc2ccc(CCCCOC3CCCCO3)cc2Cc2ccccc21. The lowest BCUT2D eigenvalue weighted by Crippen LogP contribution is -2.22. The number of fused-ring (bicyclic) bond motifs is 2. The maximum absolute atomic E-state index is 11.4. The number of benzene rings is 2. The van der Waals surface area contributed by atoms with Crippen molar-refractivity contribution < 1.29 is 19.4 Å². The van der Waals surface area contributed by atoms with Crippen molar-refractivity contribution in [3.05, 3.63) is 70.3 Å². The van der Waals surface area contributed by atoms with Gasteiger partial charge in [-0.2, -0.15) is 0 Å². The number of rotatable bonds is 8. The Hall–Kier alpha value is -2.43. The molecule has 30 heavy (non-hydrogen) atoms. The molecule has 0 spiro atoms. The molecule has 1 saturated heterocycles. The fourth-order valence-electron chi connectivity index (χ4n) is 4.36. The summed E-state index contributed by atoms with van der Waals surface area (Å²) in [5.41, 5.74) is 6.86. The van der Waals surface area contributed by atoms with Gasteiger partial charge in [0.2, 0.25) is 0 Å². The molecule has 0 amide bonds. The molecule has 4 nitrogen and oxygen atoms in total. The number of aryl methyl sites for hydroxylation is 1. The van der Waals surface area contributed by atoms with Crippen molar-refractivity contribution >= 4 is 17.6 Å². The number of carboxylic acids is 1. The number of ether oxygens (including phenoxy) is 2.